The number of carbonyl (C=O) groups is 1. The zero-order valence-electron chi connectivity index (χ0n) is 11.3. The van der Waals surface area contributed by atoms with Crippen molar-refractivity contribution in [3.63, 3.8) is 0 Å². The van der Waals surface area contributed by atoms with E-state index in [1.54, 1.807) is 0 Å². The highest BCUT2D eigenvalue weighted by atomic mass is 35.5. The normalized spacial score (nSPS) is 16.2. The lowest BCUT2D eigenvalue weighted by atomic mass is 9.77. The molecule has 4 nitrogen and oxygen atoms in total. The molecule has 1 amide bonds. The topological polar surface area (TPSA) is 70.9 Å². The summed E-state index contributed by atoms with van der Waals surface area (Å²) in [6.45, 7) is 0.639. The minimum absolute atomic E-state index is 0. The highest BCUT2D eigenvalue weighted by Crippen LogP contribution is 2.29. The predicted octanol–water partition coefficient (Wildman–Crippen LogP) is 2.13. The van der Waals surface area contributed by atoms with Gasteiger partial charge in [-0.3, -0.25) is 4.79 Å². The molecule has 1 heterocycles. The zero-order valence-corrected chi connectivity index (χ0v) is 12.1. The molecule has 0 bridgehead atoms. The minimum Gasteiger partial charge on any atom is -0.361 e. The van der Waals surface area contributed by atoms with Crippen LogP contribution in [-0.2, 0) is 11.2 Å². The van der Waals surface area contributed by atoms with Crippen molar-refractivity contribution in [3.8, 4) is 0 Å². The van der Waals surface area contributed by atoms with Gasteiger partial charge >= 0.3 is 0 Å². The maximum Gasteiger partial charge on any atom is 0.240 e. The first-order valence-corrected chi connectivity index (χ1v) is 6.81. The number of fused-ring (bicyclic) bond motifs is 1. The molecule has 0 aliphatic heterocycles. The number of aromatic nitrogens is 1. The minimum atomic E-state index is -0.597. The Balaban J connectivity index is 0.00000147. The van der Waals surface area contributed by atoms with Gasteiger partial charge in [-0.25, -0.2) is 0 Å². The third-order valence-electron chi connectivity index (χ3n) is 4.05. The molecule has 2 aromatic rings. The lowest BCUT2D eigenvalue weighted by Crippen LogP contribution is -2.58. The molecular formula is C15H20ClN3O. The smallest absolute Gasteiger partial charge is 0.240 e. The first-order chi connectivity index (χ1) is 9.19. The molecule has 1 aromatic heterocycles. The molecule has 5 heteroatoms. The lowest BCUT2D eigenvalue weighted by Gasteiger charge is -2.36. The van der Waals surface area contributed by atoms with Gasteiger partial charge < -0.3 is 16.0 Å². The monoisotopic (exact) mass is 293 g/mol. The van der Waals surface area contributed by atoms with Crippen molar-refractivity contribution in [1.82, 2.24) is 10.3 Å². The van der Waals surface area contributed by atoms with Gasteiger partial charge in [0.2, 0.25) is 5.91 Å². The van der Waals surface area contributed by atoms with E-state index in [0.717, 1.165) is 31.2 Å². The second kappa shape index (κ2) is 5.85. The number of carbonyl (C=O) groups excluding carboxylic acids is 1. The molecular weight excluding hydrogens is 274 g/mol. The van der Waals surface area contributed by atoms with Crippen LogP contribution in [-0.4, -0.2) is 23.0 Å². The van der Waals surface area contributed by atoms with E-state index >= 15 is 0 Å². The van der Waals surface area contributed by atoms with E-state index in [4.69, 9.17) is 5.73 Å². The number of H-pyrrole nitrogens is 1. The van der Waals surface area contributed by atoms with E-state index in [1.807, 2.05) is 18.3 Å². The predicted molar refractivity (Wildman–Crippen MR) is 83.0 cm³/mol. The number of benzene rings is 1. The second-order valence-electron chi connectivity index (χ2n) is 5.38. The standard InChI is InChI=1S/C15H19N3O.ClH/c16-15(7-3-8-15)14(19)17-9-6-11-10-18-13-5-2-1-4-12(11)13;/h1-2,4-5,10,18H,3,6-9,16H2,(H,17,19);1H. The van der Waals surface area contributed by atoms with Gasteiger partial charge in [-0.1, -0.05) is 18.2 Å². The number of rotatable bonds is 4. The Hall–Kier alpha value is -1.52. The van der Waals surface area contributed by atoms with Gasteiger partial charge in [0, 0.05) is 23.6 Å². The Morgan fingerprint density at radius 1 is 1.35 bits per heavy atom. The van der Waals surface area contributed by atoms with Crippen molar-refractivity contribution >= 4 is 29.2 Å². The number of hydrogen-bond donors (Lipinski definition) is 3. The molecule has 0 saturated heterocycles. The lowest BCUT2D eigenvalue weighted by molar-refractivity contribution is -0.129. The third kappa shape index (κ3) is 2.67. The SMILES string of the molecule is Cl.NC1(C(=O)NCCc2c[nH]c3ccccc23)CCC1. The Morgan fingerprint density at radius 3 is 2.80 bits per heavy atom. The summed E-state index contributed by atoms with van der Waals surface area (Å²) in [6, 6.07) is 8.20. The number of halogens is 1. The van der Waals surface area contributed by atoms with E-state index in [2.05, 4.69) is 22.4 Å². The summed E-state index contributed by atoms with van der Waals surface area (Å²) in [5.41, 5.74) is 7.75. The quantitative estimate of drug-likeness (QED) is 0.808. The molecule has 0 atom stereocenters. The number of nitrogens with two attached hydrogens (primary N) is 1. The average Bonchev–Trinajstić information content (AvgIpc) is 2.79. The van der Waals surface area contributed by atoms with Gasteiger partial charge in [-0.05, 0) is 37.3 Å². The number of amides is 1. The summed E-state index contributed by atoms with van der Waals surface area (Å²) >= 11 is 0. The van der Waals surface area contributed by atoms with Crippen molar-refractivity contribution < 1.29 is 4.79 Å². The molecule has 0 radical (unpaired) electrons. The van der Waals surface area contributed by atoms with Gasteiger partial charge in [0.15, 0.2) is 0 Å². The molecule has 1 fully saturated rings. The summed E-state index contributed by atoms with van der Waals surface area (Å²) < 4.78 is 0. The fourth-order valence-corrected chi connectivity index (χ4v) is 2.61. The average molecular weight is 294 g/mol. The van der Waals surface area contributed by atoms with Crippen LogP contribution < -0.4 is 11.1 Å². The number of hydrogen-bond acceptors (Lipinski definition) is 2. The van der Waals surface area contributed by atoms with Gasteiger partial charge in [-0.15, -0.1) is 12.4 Å². The van der Waals surface area contributed by atoms with Crippen LogP contribution in [0.2, 0.25) is 0 Å². The largest absolute Gasteiger partial charge is 0.361 e. The van der Waals surface area contributed by atoms with Crippen molar-refractivity contribution in [2.45, 2.75) is 31.2 Å². The fourth-order valence-electron chi connectivity index (χ4n) is 2.61. The van der Waals surface area contributed by atoms with Crippen LogP contribution in [0.15, 0.2) is 30.5 Å². The van der Waals surface area contributed by atoms with Crippen LogP contribution in [0.3, 0.4) is 0 Å². The summed E-state index contributed by atoms with van der Waals surface area (Å²) in [5, 5.41) is 4.18. The Kier molecular flexibility index (Phi) is 4.35. The highest BCUT2D eigenvalue weighted by molar-refractivity contribution is 5.87. The molecule has 4 N–H and O–H groups in total. The first-order valence-electron chi connectivity index (χ1n) is 6.81. The summed E-state index contributed by atoms with van der Waals surface area (Å²) in [7, 11) is 0. The van der Waals surface area contributed by atoms with Crippen LogP contribution in [0, 0.1) is 0 Å². The Morgan fingerprint density at radius 2 is 2.10 bits per heavy atom. The third-order valence-corrected chi connectivity index (χ3v) is 4.05. The Bertz CT molecular complexity index is 604. The summed E-state index contributed by atoms with van der Waals surface area (Å²) in [5.74, 6) is -0.00130. The number of nitrogens with one attached hydrogen (secondary N) is 2. The Labute approximate surface area is 124 Å². The van der Waals surface area contributed by atoms with Crippen LogP contribution >= 0.6 is 12.4 Å². The van der Waals surface area contributed by atoms with Gasteiger partial charge in [0.25, 0.3) is 0 Å². The second-order valence-corrected chi connectivity index (χ2v) is 5.38. The van der Waals surface area contributed by atoms with Crippen LogP contribution in [0.4, 0.5) is 0 Å². The first kappa shape index (κ1) is 14.9. The van der Waals surface area contributed by atoms with Crippen molar-refractivity contribution in [2.24, 2.45) is 5.73 Å². The van der Waals surface area contributed by atoms with E-state index in [-0.39, 0.29) is 18.3 Å². The van der Waals surface area contributed by atoms with Crippen LogP contribution in [0.5, 0.6) is 0 Å². The number of para-hydroxylation sites is 1. The van der Waals surface area contributed by atoms with E-state index in [9.17, 15) is 4.79 Å². The molecule has 0 unspecified atom stereocenters. The molecule has 1 saturated carbocycles. The van der Waals surface area contributed by atoms with E-state index in [0.29, 0.717) is 6.54 Å². The summed E-state index contributed by atoms with van der Waals surface area (Å²) in [4.78, 5) is 15.1. The van der Waals surface area contributed by atoms with Gasteiger partial charge in [0.05, 0.1) is 5.54 Å². The molecule has 3 rings (SSSR count). The molecule has 1 aromatic carbocycles. The number of aromatic amines is 1. The molecule has 108 valence electrons. The van der Waals surface area contributed by atoms with Crippen LogP contribution in [0.1, 0.15) is 24.8 Å². The maximum atomic E-state index is 11.9. The van der Waals surface area contributed by atoms with E-state index < -0.39 is 5.54 Å². The summed E-state index contributed by atoms with van der Waals surface area (Å²) in [6.07, 6.45) is 5.52. The zero-order chi connectivity index (χ0) is 13.3. The molecule has 20 heavy (non-hydrogen) atoms. The molecule has 0 spiro atoms. The van der Waals surface area contributed by atoms with E-state index in [1.165, 1.54) is 10.9 Å². The van der Waals surface area contributed by atoms with Gasteiger partial charge in [-0.2, -0.15) is 0 Å². The molecule has 1 aliphatic rings. The fraction of sp³-hybridized carbons (Fsp3) is 0.400. The highest BCUT2D eigenvalue weighted by Gasteiger charge is 2.39. The van der Waals surface area contributed by atoms with Crippen LogP contribution in [0.25, 0.3) is 10.9 Å². The maximum absolute atomic E-state index is 11.9. The van der Waals surface area contributed by atoms with Crippen molar-refractivity contribution in [1.29, 1.82) is 0 Å². The molecule has 1 aliphatic carbocycles. The van der Waals surface area contributed by atoms with Gasteiger partial charge in [0.1, 0.15) is 0 Å². The van der Waals surface area contributed by atoms with Crippen molar-refractivity contribution in [2.75, 3.05) is 6.54 Å². The van der Waals surface area contributed by atoms with Crippen molar-refractivity contribution in [3.05, 3.63) is 36.0 Å².